The number of hydrogen-bond acceptors (Lipinski definition) is 4. The highest BCUT2D eigenvalue weighted by molar-refractivity contribution is 7.91. The Balaban J connectivity index is 1.57. The van der Waals surface area contributed by atoms with Gasteiger partial charge in [0.05, 0.1) is 10.6 Å². The molecule has 1 aliphatic heterocycles. The van der Waals surface area contributed by atoms with E-state index in [4.69, 9.17) is 0 Å². The highest BCUT2D eigenvalue weighted by Gasteiger charge is 2.39. The monoisotopic (exact) mass is 336 g/mol. The minimum Gasteiger partial charge on any atom is -0.338 e. The van der Waals surface area contributed by atoms with Gasteiger partial charge in [-0.3, -0.25) is 4.79 Å². The van der Waals surface area contributed by atoms with Gasteiger partial charge in [0.15, 0.2) is 9.84 Å². The van der Waals surface area contributed by atoms with Gasteiger partial charge >= 0.3 is 0 Å². The minimum atomic E-state index is -3.31. The normalized spacial score (nSPS) is 23.3. The quantitative estimate of drug-likeness (QED) is 0.855. The van der Waals surface area contributed by atoms with Gasteiger partial charge in [0.2, 0.25) is 5.91 Å². The van der Waals surface area contributed by atoms with Gasteiger partial charge in [-0.25, -0.2) is 8.42 Å². The number of hydrogen-bond donors (Lipinski definition) is 1. The zero-order chi connectivity index (χ0) is 16.6. The number of aryl methyl sites for hydroxylation is 1. The molecule has 2 aliphatic rings. The van der Waals surface area contributed by atoms with Crippen molar-refractivity contribution in [2.24, 2.45) is 0 Å². The van der Waals surface area contributed by atoms with Gasteiger partial charge in [-0.1, -0.05) is 17.7 Å². The third kappa shape index (κ3) is 3.93. The van der Waals surface area contributed by atoms with Crippen molar-refractivity contribution in [2.45, 2.75) is 56.1 Å². The predicted molar refractivity (Wildman–Crippen MR) is 89.0 cm³/mol. The average Bonchev–Trinajstić information content (AvgIpc) is 3.23. The van der Waals surface area contributed by atoms with Crippen molar-refractivity contribution in [3.05, 3.63) is 29.8 Å². The summed E-state index contributed by atoms with van der Waals surface area (Å²) in [7, 11) is -3.31. The van der Waals surface area contributed by atoms with Crippen LogP contribution < -0.4 is 5.32 Å². The summed E-state index contributed by atoms with van der Waals surface area (Å²) in [5.41, 5.74) is 1.04. The number of nitrogens with zero attached hydrogens (tertiary/aromatic N) is 1. The van der Waals surface area contributed by atoms with Crippen molar-refractivity contribution in [1.82, 2.24) is 10.2 Å². The Bertz CT molecular complexity index is 680. The molecular weight excluding hydrogens is 312 g/mol. The van der Waals surface area contributed by atoms with Crippen molar-refractivity contribution in [2.75, 3.05) is 12.3 Å². The lowest BCUT2D eigenvalue weighted by Crippen LogP contribution is -2.42. The fourth-order valence-electron chi connectivity index (χ4n) is 3.20. The number of amides is 1. The molecule has 5 nitrogen and oxygen atoms in total. The second-order valence-electron chi connectivity index (χ2n) is 6.84. The topological polar surface area (TPSA) is 66.5 Å². The number of benzene rings is 1. The van der Waals surface area contributed by atoms with Crippen LogP contribution in [0.3, 0.4) is 0 Å². The van der Waals surface area contributed by atoms with Crippen LogP contribution >= 0.6 is 0 Å². The van der Waals surface area contributed by atoms with Gasteiger partial charge in [-0.15, -0.1) is 0 Å². The Morgan fingerprint density at radius 1 is 1.26 bits per heavy atom. The van der Waals surface area contributed by atoms with E-state index in [0.29, 0.717) is 23.9 Å². The molecule has 1 amide bonds. The first-order valence-electron chi connectivity index (χ1n) is 8.20. The molecule has 3 rings (SSSR count). The lowest BCUT2D eigenvalue weighted by Gasteiger charge is -2.20. The Hall–Kier alpha value is -1.40. The molecule has 1 heterocycles. The lowest BCUT2D eigenvalue weighted by atomic mass is 10.2. The molecule has 0 spiro atoms. The maximum absolute atomic E-state index is 12.5. The fourth-order valence-corrected chi connectivity index (χ4v) is 4.70. The first kappa shape index (κ1) is 16.5. The molecular formula is C17H24N2O3S. The largest absolute Gasteiger partial charge is 0.338 e. The molecule has 0 radical (unpaired) electrons. The molecule has 2 fully saturated rings. The van der Waals surface area contributed by atoms with E-state index < -0.39 is 9.84 Å². The summed E-state index contributed by atoms with van der Waals surface area (Å²) in [6, 6.07) is 7.25. The second kappa shape index (κ2) is 6.24. The second-order valence-corrected chi connectivity index (χ2v) is 8.87. The first-order valence-corrected chi connectivity index (χ1v) is 9.85. The van der Waals surface area contributed by atoms with Gasteiger partial charge in [-0.05, 0) is 38.8 Å². The number of carbonyl (C=O) groups is 1. The summed E-state index contributed by atoms with van der Waals surface area (Å²) in [6.07, 6.45) is 2.69. The van der Waals surface area contributed by atoms with E-state index in [0.717, 1.165) is 18.4 Å². The smallest absolute Gasteiger partial charge is 0.224 e. The van der Waals surface area contributed by atoms with E-state index >= 15 is 0 Å². The summed E-state index contributed by atoms with van der Waals surface area (Å²) in [5, 5.41) is 3.32. The van der Waals surface area contributed by atoms with Crippen molar-refractivity contribution in [1.29, 1.82) is 0 Å². The number of carbonyl (C=O) groups excluding carboxylic acids is 1. The first-order chi connectivity index (χ1) is 10.8. The van der Waals surface area contributed by atoms with Crippen molar-refractivity contribution < 1.29 is 13.2 Å². The van der Waals surface area contributed by atoms with Crippen LogP contribution in [-0.4, -0.2) is 49.6 Å². The molecule has 1 saturated heterocycles. The standard InChI is InChI=1S/C17H24N2O3S/c1-12-3-7-16(8-4-12)23(21,22)11-13(2)18-14-9-17(20)19(10-14)15-5-6-15/h3-4,7-8,13-15,18H,5-6,9-11H2,1-2H3/t13-,14+/m1/s1. The van der Waals surface area contributed by atoms with Crippen LogP contribution in [0.25, 0.3) is 0 Å². The zero-order valence-electron chi connectivity index (χ0n) is 13.7. The third-order valence-electron chi connectivity index (χ3n) is 4.52. The van der Waals surface area contributed by atoms with E-state index in [9.17, 15) is 13.2 Å². The molecule has 6 heteroatoms. The Morgan fingerprint density at radius 2 is 1.91 bits per heavy atom. The van der Waals surface area contributed by atoms with Crippen LogP contribution in [0.2, 0.25) is 0 Å². The molecule has 1 saturated carbocycles. The molecule has 1 N–H and O–H groups in total. The maximum Gasteiger partial charge on any atom is 0.224 e. The highest BCUT2D eigenvalue weighted by atomic mass is 32.2. The van der Waals surface area contributed by atoms with E-state index in [1.807, 2.05) is 30.9 Å². The maximum atomic E-state index is 12.5. The van der Waals surface area contributed by atoms with Gasteiger partial charge < -0.3 is 10.2 Å². The summed E-state index contributed by atoms with van der Waals surface area (Å²) in [5.74, 6) is 0.239. The molecule has 1 aromatic carbocycles. The summed E-state index contributed by atoms with van der Waals surface area (Å²) < 4.78 is 24.9. The van der Waals surface area contributed by atoms with E-state index in [-0.39, 0.29) is 23.7 Å². The fraction of sp³-hybridized carbons (Fsp3) is 0.588. The Morgan fingerprint density at radius 3 is 2.52 bits per heavy atom. The van der Waals surface area contributed by atoms with E-state index in [1.165, 1.54) is 0 Å². The van der Waals surface area contributed by atoms with Crippen LogP contribution in [0.15, 0.2) is 29.2 Å². The highest BCUT2D eigenvalue weighted by Crippen LogP contribution is 2.30. The molecule has 0 unspecified atom stereocenters. The summed E-state index contributed by atoms with van der Waals surface area (Å²) in [4.78, 5) is 14.3. The molecule has 126 valence electrons. The van der Waals surface area contributed by atoms with Crippen molar-refractivity contribution in [3.8, 4) is 0 Å². The minimum absolute atomic E-state index is 0.0458. The zero-order valence-corrected chi connectivity index (χ0v) is 14.5. The number of likely N-dealkylation sites (tertiary alicyclic amines) is 1. The summed E-state index contributed by atoms with van der Waals surface area (Å²) in [6.45, 7) is 4.51. The van der Waals surface area contributed by atoms with Crippen LogP contribution in [0.4, 0.5) is 0 Å². The van der Waals surface area contributed by atoms with Gasteiger partial charge in [-0.2, -0.15) is 0 Å². The van der Waals surface area contributed by atoms with Crippen LogP contribution in [0.5, 0.6) is 0 Å². The van der Waals surface area contributed by atoms with Crippen molar-refractivity contribution in [3.63, 3.8) is 0 Å². The van der Waals surface area contributed by atoms with E-state index in [1.54, 1.807) is 12.1 Å². The summed E-state index contributed by atoms with van der Waals surface area (Å²) >= 11 is 0. The van der Waals surface area contributed by atoms with Crippen LogP contribution in [0, 0.1) is 6.92 Å². The van der Waals surface area contributed by atoms with E-state index in [2.05, 4.69) is 5.32 Å². The number of sulfone groups is 1. The third-order valence-corrected chi connectivity index (χ3v) is 6.45. The Labute approximate surface area is 138 Å². The van der Waals surface area contributed by atoms with Crippen molar-refractivity contribution >= 4 is 15.7 Å². The average molecular weight is 336 g/mol. The lowest BCUT2D eigenvalue weighted by molar-refractivity contribution is -0.128. The molecule has 23 heavy (non-hydrogen) atoms. The number of nitrogens with one attached hydrogen (secondary N) is 1. The molecule has 1 aromatic rings. The molecule has 2 atom stereocenters. The SMILES string of the molecule is Cc1ccc(S(=O)(=O)C[C@@H](C)N[C@H]2CC(=O)N(C3CC3)C2)cc1. The predicted octanol–water partition coefficient (Wildman–Crippen LogP) is 1.51. The molecule has 0 aromatic heterocycles. The van der Waals surface area contributed by atoms with Crippen LogP contribution in [-0.2, 0) is 14.6 Å². The Kier molecular flexibility index (Phi) is 4.47. The van der Waals surface area contributed by atoms with Gasteiger partial charge in [0.1, 0.15) is 0 Å². The molecule has 0 bridgehead atoms. The van der Waals surface area contributed by atoms with Gasteiger partial charge in [0, 0.05) is 31.1 Å². The molecule has 1 aliphatic carbocycles. The van der Waals surface area contributed by atoms with Gasteiger partial charge in [0.25, 0.3) is 0 Å². The number of rotatable bonds is 6. The van der Waals surface area contributed by atoms with Crippen LogP contribution in [0.1, 0.15) is 31.7 Å².